The molecule has 3 rings (SSSR count). The molecule has 1 heterocycles. The molecule has 112 valence electrons. The first kappa shape index (κ1) is 14.7. The van der Waals surface area contributed by atoms with E-state index >= 15 is 0 Å². The minimum Gasteiger partial charge on any atom is -0.295 e. The molecule has 0 saturated carbocycles. The normalized spacial score (nSPS) is 14.8. The van der Waals surface area contributed by atoms with Gasteiger partial charge >= 0.3 is 0 Å². The highest BCUT2D eigenvalue weighted by molar-refractivity contribution is 5.93. The van der Waals surface area contributed by atoms with Crippen molar-refractivity contribution < 1.29 is 4.79 Å². The Morgan fingerprint density at radius 2 is 1.32 bits per heavy atom. The number of allylic oxidation sites excluding steroid dienone is 1. The van der Waals surface area contributed by atoms with Gasteiger partial charge in [-0.25, -0.2) is 0 Å². The fourth-order valence-electron chi connectivity index (χ4n) is 3.00. The lowest BCUT2D eigenvalue weighted by atomic mass is 9.91. The van der Waals surface area contributed by atoms with E-state index in [0.717, 1.165) is 18.7 Å². The fraction of sp³-hybridized carbons (Fsp3) is 0.250. The number of carbonyl (C=O) groups is 1. The summed E-state index contributed by atoms with van der Waals surface area (Å²) in [5.41, 5.74) is 4.79. The second kappa shape index (κ2) is 6.29. The highest BCUT2D eigenvalue weighted by Gasteiger charge is 2.31. The van der Waals surface area contributed by atoms with Gasteiger partial charge in [-0.2, -0.15) is 0 Å². The zero-order valence-corrected chi connectivity index (χ0v) is 13.1. The number of rotatable bonds is 4. The Morgan fingerprint density at radius 3 is 1.73 bits per heavy atom. The van der Waals surface area contributed by atoms with Crippen LogP contribution in [-0.4, -0.2) is 23.8 Å². The zero-order valence-electron chi connectivity index (χ0n) is 13.1. The van der Waals surface area contributed by atoms with Gasteiger partial charge in [0.25, 0.3) is 0 Å². The molecule has 0 N–H and O–H groups in total. The maximum Gasteiger partial charge on any atom is 0.155 e. The Labute approximate surface area is 132 Å². The van der Waals surface area contributed by atoms with Crippen molar-refractivity contribution >= 4 is 5.78 Å². The van der Waals surface area contributed by atoms with Crippen LogP contribution in [0.2, 0.25) is 0 Å². The highest BCUT2D eigenvalue weighted by atomic mass is 16.1. The van der Waals surface area contributed by atoms with E-state index < -0.39 is 0 Å². The molecule has 1 aliphatic heterocycles. The number of ketones is 1. The van der Waals surface area contributed by atoms with Gasteiger partial charge < -0.3 is 0 Å². The second-order valence-electron chi connectivity index (χ2n) is 5.91. The molecule has 2 aromatic rings. The summed E-state index contributed by atoms with van der Waals surface area (Å²) in [5, 5.41) is 0. The topological polar surface area (TPSA) is 20.3 Å². The van der Waals surface area contributed by atoms with Crippen molar-refractivity contribution in [2.24, 2.45) is 0 Å². The van der Waals surface area contributed by atoms with Gasteiger partial charge in [-0.15, -0.1) is 0 Å². The average Bonchev–Trinajstić information content (AvgIpc) is 2.51. The molecular weight excluding hydrogens is 270 g/mol. The van der Waals surface area contributed by atoms with Crippen LogP contribution in [0.25, 0.3) is 0 Å². The van der Waals surface area contributed by atoms with Crippen LogP contribution in [0, 0.1) is 0 Å². The van der Waals surface area contributed by atoms with Gasteiger partial charge in [0.15, 0.2) is 5.78 Å². The Morgan fingerprint density at radius 1 is 0.864 bits per heavy atom. The van der Waals surface area contributed by atoms with Crippen molar-refractivity contribution in [3.8, 4) is 0 Å². The number of nitrogens with zero attached hydrogens (tertiary/aromatic N) is 1. The molecule has 2 aromatic carbocycles. The Balaban J connectivity index is 1.89. The molecule has 2 nitrogen and oxygen atoms in total. The van der Waals surface area contributed by atoms with Crippen LogP contribution in [0.4, 0.5) is 0 Å². The van der Waals surface area contributed by atoms with E-state index in [1.165, 1.54) is 16.7 Å². The number of benzene rings is 2. The summed E-state index contributed by atoms with van der Waals surface area (Å²) in [5.74, 6) is 0.186. The summed E-state index contributed by atoms with van der Waals surface area (Å²) in [6, 6.07) is 21.4. The molecule has 0 radical (unpaired) electrons. The minimum absolute atomic E-state index is 0.186. The molecule has 0 aromatic heterocycles. The molecule has 0 atom stereocenters. The van der Waals surface area contributed by atoms with Gasteiger partial charge in [0.05, 0.1) is 6.04 Å². The molecular formula is C20H21NO. The van der Waals surface area contributed by atoms with E-state index in [9.17, 15) is 4.79 Å². The van der Waals surface area contributed by atoms with Crippen molar-refractivity contribution in [2.45, 2.75) is 19.9 Å². The first-order chi connectivity index (χ1) is 10.7. The molecule has 0 unspecified atom stereocenters. The van der Waals surface area contributed by atoms with Gasteiger partial charge in [0, 0.05) is 13.1 Å². The first-order valence-electron chi connectivity index (χ1n) is 7.70. The zero-order chi connectivity index (χ0) is 15.5. The van der Waals surface area contributed by atoms with Gasteiger partial charge in [-0.3, -0.25) is 9.69 Å². The van der Waals surface area contributed by atoms with Crippen LogP contribution in [0.5, 0.6) is 0 Å². The van der Waals surface area contributed by atoms with E-state index in [2.05, 4.69) is 53.4 Å². The number of hydrogen-bond donors (Lipinski definition) is 0. The number of carbonyl (C=O) groups excluding carboxylic acids is 1. The van der Waals surface area contributed by atoms with E-state index in [0.29, 0.717) is 0 Å². The maximum atomic E-state index is 11.5. The summed E-state index contributed by atoms with van der Waals surface area (Å²) in [4.78, 5) is 13.9. The average molecular weight is 291 g/mol. The second-order valence-corrected chi connectivity index (χ2v) is 5.91. The lowest BCUT2D eigenvalue weighted by Gasteiger charge is -2.42. The standard InChI is InChI=1S/C20H21NO/c1-15(16(2)22)19-13-21(14-19)20(17-9-5-3-6-10-17)18-11-7-4-8-12-18/h3-12,20H,13-14H2,1-2H3. The Kier molecular flexibility index (Phi) is 4.21. The SMILES string of the molecule is CC(=O)C(C)=C1CN(C(c2ccccc2)c2ccccc2)C1. The Hall–Kier alpha value is -2.19. The molecule has 0 bridgehead atoms. The third-order valence-corrected chi connectivity index (χ3v) is 4.44. The van der Waals surface area contributed by atoms with Crippen molar-refractivity contribution in [1.29, 1.82) is 0 Å². The van der Waals surface area contributed by atoms with E-state index in [4.69, 9.17) is 0 Å². The number of Topliss-reactive ketones (excluding diaryl/α,β-unsaturated/α-hetero) is 1. The molecule has 1 saturated heterocycles. The van der Waals surface area contributed by atoms with E-state index in [1.807, 2.05) is 19.1 Å². The van der Waals surface area contributed by atoms with Crippen molar-refractivity contribution in [1.82, 2.24) is 4.90 Å². The number of hydrogen-bond acceptors (Lipinski definition) is 2. The van der Waals surface area contributed by atoms with Gasteiger partial charge in [0.2, 0.25) is 0 Å². The third kappa shape index (κ3) is 2.88. The van der Waals surface area contributed by atoms with Gasteiger partial charge in [0.1, 0.15) is 0 Å². The predicted octanol–water partition coefficient (Wildman–Crippen LogP) is 4.00. The smallest absolute Gasteiger partial charge is 0.155 e. The van der Waals surface area contributed by atoms with Crippen molar-refractivity contribution in [2.75, 3.05) is 13.1 Å². The van der Waals surface area contributed by atoms with Crippen molar-refractivity contribution in [3.05, 3.63) is 82.9 Å². The number of likely N-dealkylation sites (tertiary alicyclic amines) is 1. The first-order valence-corrected chi connectivity index (χ1v) is 7.70. The molecule has 0 amide bonds. The molecule has 1 fully saturated rings. The quantitative estimate of drug-likeness (QED) is 0.794. The third-order valence-electron chi connectivity index (χ3n) is 4.44. The van der Waals surface area contributed by atoms with Gasteiger partial charge in [-0.1, -0.05) is 60.7 Å². The minimum atomic E-state index is 0.186. The molecule has 22 heavy (non-hydrogen) atoms. The lowest BCUT2D eigenvalue weighted by Crippen LogP contribution is -2.44. The van der Waals surface area contributed by atoms with Crippen LogP contribution in [0.15, 0.2) is 71.8 Å². The largest absolute Gasteiger partial charge is 0.295 e. The van der Waals surface area contributed by atoms with Crippen LogP contribution >= 0.6 is 0 Å². The molecule has 0 aliphatic carbocycles. The van der Waals surface area contributed by atoms with E-state index in [-0.39, 0.29) is 11.8 Å². The lowest BCUT2D eigenvalue weighted by molar-refractivity contribution is -0.113. The molecule has 1 aliphatic rings. The predicted molar refractivity (Wildman–Crippen MR) is 89.7 cm³/mol. The summed E-state index contributed by atoms with van der Waals surface area (Å²) < 4.78 is 0. The van der Waals surface area contributed by atoms with E-state index in [1.54, 1.807) is 6.92 Å². The molecule has 0 spiro atoms. The fourth-order valence-corrected chi connectivity index (χ4v) is 3.00. The molecule has 2 heteroatoms. The van der Waals surface area contributed by atoms with Crippen LogP contribution in [-0.2, 0) is 4.79 Å². The summed E-state index contributed by atoms with van der Waals surface area (Å²) in [7, 11) is 0. The van der Waals surface area contributed by atoms with Gasteiger partial charge in [-0.05, 0) is 36.1 Å². The summed E-state index contributed by atoms with van der Waals surface area (Å²) in [6.45, 7) is 5.34. The van der Waals surface area contributed by atoms with Crippen LogP contribution in [0.3, 0.4) is 0 Å². The summed E-state index contributed by atoms with van der Waals surface area (Å²) >= 11 is 0. The van der Waals surface area contributed by atoms with Crippen LogP contribution < -0.4 is 0 Å². The monoisotopic (exact) mass is 291 g/mol. The van der Waals surface area contributed by atoms with Crippen molar-refractivity contribution in [3.63, 3.8) is 0 Å². The van der Waals surface area contributed by atoms with Crippen LogP contribution in [0.1, 0.15) is 31.0 Å². The Bertz CT molecular complexity index is 641. The maximum absolute atomic E-state index is 11.5. The summed E-state index contributed by atoms with van der Waals surface area (Å²) in [6.07, 6.45) is 0. The highest BCUT2D eigenvalue weighted by Crippen LogP contribution is 2.34.